The number of rotatable bonds is 2. The summed E-state index contributed by atoms with van der Waals surface area (Å²) >= 11 is 5.93. The van der Waals surface area contributed by atoms with Gasteiger partial charge in [-0.25, -0.2) is 4.39 Å². The summed E-state index contributed by atoms with van der Waals surface area (Å²) in [6, 6.07) is 6.36. The summed E-state index contributed by atoms with van der Waals surface area (Å²) in [7, 11) is 0. The first kappa shape index (κ1) is 14.7. The molecule has 0 aliphatic rings. The lowest BCUT2D eigenvalue weighted by atomic mass is 9.89. The summed E-state index contributed by atoms with van der Waals surface area (Å²) in [4.78, 5) is 12.7. The van der Waals surface area contributed by atoms with Crippen molar-refractivity contribution >= 4 is 17.4 Å². The van der Waals surface area contributed by atoms with E-state index in [9.17, 15) is 9.18 Å². The van der Waals surface area contributed by atoms with Crippen molar-refractivity contribution < 1.29 is 9.18 Å². The van der Waals surface area contributed by atoms with Crippen LogP contribution in [-0.2, 0) is 0 Å². The van der Waals surface area contributed by atoms with E-state index in [1.54, 1.807) is 6.07 Å². The lowest BCUT2D eigenvalue weighted by molar-refractivity contribution is 0.103. The highest BCUT2D eigenvalue weighted by atomic mass is 35.5. The van der Waals surface area contributed by atoms with Gasteiger partial charge in [-0.05, 0) is 62.1 Å². The molecule has 0 spiro atoms. The maximum Gasteiger partial charge on any atom is 0.195 e. The molecule has 0 heterocycles. The summed E-state index contributed by atoms with van der Waals surface area (Å²) in [5, 5.41) is -0.115. The van der Waals surface area contributed by atoms with Gasteiger partial charge in [0.1, 0.15) is 5.82 Å². The number of halogens is 2. The van der Waals surface area contributed by atoms with Crippen molar-refractivity contribution in [2.45, 2.75) is 27.7 Å². The molecule has 0 unspecified atom stereocenters. The molecular weight excluding hydrogens is 275 g/mol. The van der Waals surface area contributed by atoms with Crippen LogP contribution in [0.25, 0.3) is 0 Å². The van der Waals surface area contributed by atoms with Gasteiger partial charge in [-0.3, -0.25) is 4.79 Å². The van der Waals surface area contributed by atoms with E-state index in [1.807, 2.05) is 27.7 Å². The predicted molar refractivity (Wildman–Crippen MR) is 80.2 cm³/mol. The quantitative estimate of drug-likeness (QED) is 0.716. The standard InChI is InChI=1S/C17H16ClFO/c1-9-8-10(2)12(4)15(11(9)3)17(20)13-6-5-7-14(19)16(13)18/h5-8H,1-4H3. The van der Waals surface area contributed by atoms with E-state index in [4.69, 9.17) is 11.6 Å². The molecule has 0 saturated carbocycles. The number of ketones is 1. The third-order valence-electron chi connectivity index (χ3n) is 3.79. The summed E-state index contributed by atoms with van der Waals surface area (Å²) < 4.78 is 13.5. The van der Waals surface area contributed by atoms with Crippen LogP contribution >= 0.6 is 11.6 Å². The van der Waals surface area contributed by atoms with E-state index >= 15 is 0 Å². The van der Waals surface area contributed by atoms with Crippen LogP contribution < -0.4 is 0 Å². The zero-order valence-electron chi connectivity index (χ0n) is 12.0. The molecule has 0 N–H and O–H groups in total. The van der Waals surface area contributed by atoms with Crippen LogP contribution in [0.2, 0.25) is 5.02 Å². The Morgan fingerprint density at radius 1 is 1.05 bits per heavy atom. The second-order valence-corrected chi connectivity index (χ2v) is 5.44. The number of hydrogen-bond donors (Lipinski definition) is 0. The van der Waals surface area contributed by atoms with Crippen LogP contribution in [0.3, 0.4) is 0 Å². The zero-order chi connectivity index (χ0) is 15.0. The first-order chi connectivity index (χ1) is 9.34. The van der Waals surface area contributed by atoms with Crippen molar-refractivity contribution in [3.63, 3.8) is 0 Å². The highest BCUT2D eigenvalue weighted by molar-refractivity contribution is 6.35. The van der Waals surface area contributed by atoms with Crippen molar-refractivity contribution in [2.24, 2.45) is 0 Å². The Bertz CT molecular complexity index is 678. The Kier molecular flexibility index (Phi) is 3.96. The fraction of sp³-hybridized carbons (Fsp3) is 0.235. The van der Waals surface area contributed by atoms with Crippen LogP contribution in [-0.4, -0.2) is 5.78 Å². The molecule has 2 rings (SSSR count). The predicted octanol–water partition coefficient (Wildman–Crippen LogP) is 4.94. The molecule has 0 atom stereocenters. The molecule has 3 heteroatoms. The molecule has 2 aromatic carbocycles. The van der Waals surface area contributed by atoms with Crippen LogP contribution in [0.15, 0.2) is 24.3 Å². The van der Waals surface area contributed by atoms with Crippen LogP contribution in [0.5, 0.6) is 0 Å². The van der Waals surface area contributed by atoms with E-state index in [1.165, 1.54) is 12.1 Å². The summed E-state index contributed by atoms with van der Waals surface area (Å²) in [5.41, 5.74) is 4.75. The van der Waals surface area contributed by atoms with E-state index in [2.05, 4.69) is 6.07 Å². The number of carbonyl (C=O) groups is 1. The van der Waals surface area contributed by atoms with Gasteiger partial charge < -0.3 is 0 Å². The molecule has 0 aliphatic heterocycles. The first-order valence-electron chi connectivity index (χ1n) is 6.40. The summed E-state index contributed by atoms with van der Waals surface area (Å²) in [6.07, 6.45) is 0. The first-order valence-corrected chi connectivity index (χ1v) is 6.78. The second-order valence-electron chi connectivity index (χ2n) is 5.07. The highest BCUT2D eigenvalue weighted by Crippen LogP contribution is 2.28. The highest BCUT2D eigenvalue weighted by Gasteiger charge is 2.20. The Labute approximate surface area is 123 Å². The largest absolute Gasteiger partial charge is 0.289 e. The van der Waals surface area contributed by atoms with Gasteiger partial charge in [0.2, 0.25) is 0 Å². The lowest BCUT2D eigenvalue weighted by Gasteiger charge is -2.15. The molecule has 2 aromatic rings. The Balaban J connectivity index is 2.69. The minimum Gasteiger partial charge on any atom is -0.289 e. The molecular formula is C17H16ClFO. The van der Waals surface area contributed by atoms with Gasteiger partial charge >= 0.3 is 0 Å². The third kappa shape index (κ3) is 2.36. The zero-order valence-corrected chi connectivity index (χ0v) is 12.7. The van der Waals surface area contributed by atoms with Crippen LogP contribution in [0.4, 0.5) is 4.39 Å². The van der Waals surface area contributed by atoms with Crippen molar-refractivity contribution in [1.82, 2.24) is 0 Å². The molecule has 0 saturated heterocycles. The van der Waals surface area contributed by atoms with E-state index in [-0.39, 0.29) is 16.4 Å². The van der Waals surface area contributed by atoms with Crippen molar-refractivity contribution in [3.8, 4) is 0 Å². The maximum atomic E-state index is 13.5. The van der Waals surface area contributed by atoms with Gasteiger partial charge in [0.25, 0.3) is 0 Å². The Morgan fingerprint density at radius 3 is 2.15 bits per heavy atom. The number of carbonyl (C=O) groups excluding carboxylic acids is 1. The van der Waals surface area contributed by atoms with Crippen molar-refractivity contribution in [3.05, 3.63) is 68.5 Å². The summed E-state index contributed by atoms with van der Waals surface area (Å²) in [6.45, 7) is 7.74. The normalized spacial score (nSPS) is 10.7. The van der Waals surface area contributed by atoms with Crippen LogP contribution in [0.1, 0.15) is 38.2 Å². The molecule has 0 bridgehead atoms. The van der Waals surface area contributed by atoms with Crippen molar-refractivity contribution in [2.75, 3.05) is 0 Å². The monoisotopic (exact) mass is 290 g/mol. The van der Waals surface area contributed by atoms with E-state index in [0.717, 1.165) is 22.3 Å². The van der Waals surface area contributed by atoms with Gasteiger partial charge in [0, 0.05) is 11.1 Å². The maximum absolute atomic E-state index is 13.5. The molecule has 0 aromatic heterocycles. The van der Waals surface area contributed by atoms with Gasteiger partial charge in [-0.1, -0.05) is 23.7 Å². The average Bonchev–Trinajstić information content (AvgIpc) is 2.40. The van der Waals surface area contributed by atoms with Gasteiger partial charge in [-0.15, -0.1) is 0 Å². The minimum atomic E-state index is -0.572. The topological polar surface area (TPSA) is 17.1 Å². The molecule has 0 fully saturated rings. The van der Waals surface area contributed by atoms with Gasteiger partial charge in [-0.2, -0.15) is 0 Å². The Hall–Kier alpha value is -1.67. The SMILES string of the molecule is Cc1cc(C)c(C)c(C(=O)c2cccc(F)c2Cl)c1C. The van der Waals surface area contributed by atoms with E-state index in [0.29, 0.717) is 5.56 Å². The van der Waals surface area contributed by atoms with Crippen LogP contribution in [0, 0.1) is 33.5 Å². The number of hydrogen-bond acceptors (Lipinski definition) is 1. The van der Waals surface area contributed by atoms with Crippen molar-refractivity contribution in [1.29, 1.82) is 0 Å². The number of aryl methyl sites for hydroxylation is 2. The number of benzene rings is 2. The minimum absolute atomic E-state index is 0.115. The molecule has 0 aliphatic carbocycles. The molecule has 1 nitrogen and oxygen atoms in total. The molecule has 104 valence electrons. The fourth-order valence-corrected chi connectivity index (χ4v) is 2.58. The van der Waals surface area contributed by atoms with Gasteiger partial charge in [0.05, 0.1) is 5.02 Å². The molecule has 0 radical (unpaired) electrons. The Morgan fingerprint density at radius 2 is 1.60 bits per heavy atom. The molecule has 0 amide bonds. The second kappa shape index (κ2) is 5.37. The molecule has 20 heavy (non-hydrogen) atoms. The van der Waals surface area contributed by atoms with Gasteiger partial charge in [0.15, 0.2) is 5.78 Å². The average molecular weight is 291 g/mol. The lowest BCUT2D eigenvalue weighted by Crippen LogP contribution is -2.10. The van der Waals surface area contributed by atoms with E-state index < -0.39 is 5.82 Å². The smallest absolute Gasteiger partial charge is 0.195 e. The summed E-state index contributed by atoms with van der Waals surface area (Å²) in [5.74, 6) is -0.798. The fourth-order valence-electron chi connectivity index (χ4n) is 2.37. The third-order valence-corrected chi connectivity index (χ3v) is 4.17.